The van der Waals surface area contributed by atoms with Crippen LogP contribution in [0, 0.1) is 11.6 Å². The molecule has 0 aliphatic carbocycles. The zero-order valence-corrected chi connectivity index (χ0v) is 10.5. The van der Waals surface area contributed by atoms with E-state index in [2.05, 4.69) is 4.98 Å². The third-order valence-electron chi connectivity index (χ3n) is 2.88. The van der Waals surface area contributed by atoms with Crippen molar-refractivity contribution < 1.29 is 13.6 Å². The largest absolute Gasteiger partial charge is 0.294 e. The van der Waals surface area contributed by atoms with Crippen LogP contribution >= 0.6 is 0 Å². The number of aromatic nitrogens is 1. The predicted molar refractivity (Wildman–Crippen MR) is 68.0 cm³/mol. The van der Waals surface area contributed by atoms with Gasteiger partial charge >= 0.3 is 0 Å². The molecule has 0 spiro atoms. The molecule has 0 aliphatic heterocycles. The number of Topliss-reactive ketones (excluding diaryl/α,β-unsaturated/α-hetero) is 1. The first-order valence-corrected chi connectivity index (χ1v) is 6.02. The summed E-state index contributed by atoms with van der Waals surface area (Å²) in [6.07, 6.45) is 2.67. The van der Waals surface area contributed by atoms with Gasteiger partial charge in [0, 0.05) is 17.5 Å². The molecule has 1 aromatic heterocycles. The average molecular weight is 261 g/mol. The number of aryl methyl sites for hydroxylation is 1. The standard InChI is InChI=1S/C15H13F2NO/c1-2-10-3-5-12(18-9-10)8-15(19)11-4-6-13(16)14(17)7-11/h3-7,9H,2,8H2,1H3. The van der Waals surface area contributed by atoms with Crippen molar-refractivity contribution in [1.29, 1.82) is 0 Å². The lowest BCUT2D eigenvalue weighted by atomic mass is 10.1. The number of carbonyl (C=O) groups excluding carboxylic acids is 1. The molecule has 0 atom stereocenters. The summed E-state index contributed by atoms with van der Waals surface area (Å²) >= 11 is 0. The van der Waals surface area contributed by atoms with Crippen LogP contribution in [0.5, 0.6) is 0 Å². The van der Waals surface area contributed by atoms with Crippen LogP contribution < -0.4 is 0 Å². The van der Waals surface area contributed by atoms with Crippen molar-refractivity contribution in [3.8, 4) is 0 Å². The molecular formula is C15H13F2NO. The van der Waals surface area contributed by atoms with Crippen LogP contribution in [0.15, 0.2) is 36.5 Å². The van der Waals surface area contributed by atoms with Gasteiger partial charge in [0.2, 0.25) is 0 Å². The highest BCUT2D eigenvalue weighted by molar-refractivity contribution is 5.97. The van der Waals surface area contributed by atoms with Gasteiger partial charge in [-0.05, 0) is 36.2 Å². The highest BCUT2D eigenvalue weighted by Gasteiger charge is 2.11. The predicted octanol–water partition coefficient (Wildman–Crippen LogP) is 3.35. The zero-order chi connectivity index (χ0) is 13.8. The molecule has 2 aromatic rings. The second-order valence-electron chi connectivity index (χ2n) is 4.24. The SMILES string of the molecule is CCc1ccc(CC(=O)c2ccc(F)c(F)c2)nc1. The van der Waals surface area contributed by atoms with Gasteiger partial charge in [0.15, 0.2) is 17.4 Å². The van der Waals surface area contributed by atoms with E-state index in [1.807, 2.05) is 13.0 Å². The van der Waals surface area contributed by atoms with Crippen LogP contribution in [0.4, 0.5) is 8.78 Å². The highest BCUT2D eigenvalue weighted by atomic mass is 19.2. The van der Waals surface area contributed by atoms with E-state index in [-0.39, 0.29) is 17.8 Å². The van der Waals surface area contributed by atoms with E-state index < -0.39 is 11.6 Å². The summed E-state index contributed by atoms with van der Waals surface area (Å²) in [5.41, 5.74) is 1.86. The molecule has 4 heteroatoms. The molecule has 0 saturated carbocycles. The minimum atomic E-state index is -1.01. The number of halogens is 2. The highest BCUT2D eigenvalue weighted by Crippen LogP contribution is 2.11. The lowest BCUT2D eigenvalue weighted by Gasteiger charge is -2.03. The Morgan fingerprint density at radius 3 is 2.53 bits per heavy atom. The molecule has 2 nitrogen and oxygen atoms in total. The van der Waals surface area contributed by atoms with Crippen LogP contribution in [0.2, 0.25) is 0 Å². The van der Waals surface area contributed by atoms with Crippen LogP contribution in [0.25, 0.3) is 0 Å². The van der Waals surface area contributed by atoms with E-state index in [1.54, 1.807) is 12.3 Å². The number of benzene rings is 1. The van der Waals surface area contributed by atoms with Gasteiger partial charge in [-0.25, -0.2) is 8.78 Å². The normalized spacial score (nSPS) is 10.5. The van der Waals surface area contributed by atoms with Gasteiger partial charge in [-0.2, -0.15) is 0 Å². The Balaban J connectivity index is 2.13. The number of carbonyl (C=O) groups is 1. The van der Waals surface area contributed by atoms with Gasteiger partial charge in [-0.3, -0.25) is 9.78 Å². The van der Waals surface area contributed by atoms with Gasteiger partial charge in [-0.1, -0.05) is 13.0 Å². The lowest BCUT2D eigenvalue weighted by Crippen LogP contribution is -2.06. The smallest absolute Gasteiger partial charge is 0.168 e. The maximum absolute atomic E-state index is 13.0. The summed E-state index contributed by atoms with van der Waals surface area (Å²) < 4.78 is 25.8. The van der Waals surface area contributed by atoms with Crippen molar-refractivity contribution in [2.24, 2.45) is 0 Å². The quantitative estimate of drug-likeness (QED) is 0.790. The van der Waals surface area contributed by atoms with Gasteiger partial charge < -0.3 is 0 Å². The molecule has 0 radical (unpaired) electrons. The Kier molecular flexibility index (Phi) is 4.00. The van der Waals surface area contributed by atoms with Gasteiger partial charge in [0.25, 0.3) is 0 Å². The van der Waals surface area contributed by atoms with Crippen LogP contribution in [-0.4, -0.2) is 10.8 Å². The fraction of sp³-hybridized carbons (Fsp3) is 0.200. The summed E-state index contributed by atoms with van der Waals surface area (Å²) in [5, 5.41) is 0. The molecule has 1 heterocycles. The summed E-state index contributed by atoms with van der Waals surface area (Å²) in [7, 11) is 0. The van der Waals surface area contributed by atoms with Crippen molar-refractivity contribution in [2.75, 3.05) is 0 Å². The number of rotatable bonds is 4. The molecule has 0 bridgehead atoms. The summed E-state index contributed by atoms with van der Waals surface area (Å²) in [4.78, 5) is 16.1. The van der Waals surface area contributed by atoms with Crippen LogP contribution in [-0.2, 0) is 12.8 Å². The molecule has 0 aliphatic rings. The molecule has 0 saturated heterocycles. The maximum atomic E-state index is 13.0. The van der Waals surface area contributed by atoms with E-state index in [1.165, 1.54) is 6.07 Å². The van der Waals surface area contributed by atoms with E-state index in [9.17, 15) is 13.6 Å². The Bertz CT molecular complexity index is 594. The van der Waals surface area contributed by atoms with Gasteiger partial charge in [-0.15, -0.1) is 0 Å². The Morgan fingerprint density at radius 2 is 1.95 bits per heavy atom. The molecule has 0 fully saturated rings. The first kappa shape index (κ1) is 13.3. The third kappa shape index (κ3) is 3.22. The summed E-state index contributed by atoms with van der Waals surface area (Å²) in [6, 6.07) is 6.83. The third-order valence-corrected chi connectivity index (χ3v) is 2.88. The van der Waals surface area contributed by atoms with Crippen LogP contribution in [0.3, 0.4) is 0 Å². The fourth-order valence-corrected chi connectivity index (χ4v) is 1.70. The molecular weight excluding hydrogens is 248 g/mol. The van der Waals surface area contributed by atoms with Crippen molar-refractivity contribution in [3.63, 3.8) is 0 Å². The first-order chi connectivity index (χ1) is 9.10. The number of pyridine rings is 1. The van der Waals surface area contributed by atoms with E-state index in [0.29, 0.717) is 5.69 Å². The molecule has 0 unspecified atom stereocenters. The molecule has 1 aromatic carbocycles. The van der Waals surface area contributed by atoms with E-state index >= 15 is 0 Å². The minimum Gasteiger partial charge on any atom is -0.294 e. The lowest BCUT2D eigenvalue weighted by molar-refractivity contribution is 0.0991. The Hall–Kier alpha value is -2.10. The summed E-state index contributed by atoms with van der Waals surface area (Å²) in [5.74, 6) is -2.25. The second kappa shape index (κ2) is 5.69. The first-order valence-electron chi connectivity index (χ1n) is 6.02. The molecule has 2 rings (SSSR count). The van der Waals surface area contributed by atoms with Crippen molar-refractivity contribution >= 4 is 5.78 Å². The Morgan fingerprint density at radius 1 is 1.16 bits per heavy atom. The topological polar surface area (TPSA) is 30.0 Å². The number of nitrogens with zero attached hydrogens (tertiary/aromatic N) is 1. The molecule has 98 valence electrons. The molecule has 19 heavy (non-hydrogen) atoms. The number of hydrogen-bond donors (Lipinski definition) is 0. The fourth-order valence-electron chi connectivity index (χ4n) is 1.70. The number of hydrogen-bond acceptors (Lipinski definition) is 2. The second-order valence-corrected chi connectivity index (χ2v) is 4.24. The van der Waals surface area contributed by atoms with Gasteiger partial charge in [0.05, 0.1) is 6.42 Å². The zero-order valence-electron chi connectivity index (χ0n) is 10.5. The monoisotopic (exact) mass is 261 g/mol. The molecule has 0 N–H and O–H groups in total. The van der Waals surface area contributed by atoms with Crippen LogP contribution in [0.1, 0.15) is 28.5 Å². The maximum Gasteiger partial charge on any atom is 0.168 e. The van der Waals surface area contributed by atoms with Crippen molar-refractivity contribution in [2.45, 2.75) is 19.8 Å². The Labute approximate surface area is 110 Å². The van der Waals surface area contributed by atoms with Crippen molar-refractivity contribution in [3.05, 3.63) is 65.0 Å². The van der Waals surface area contributed by atoms with Crippen molar-refractivity contribution in [1.82, 2.24) is 4.98 Å². The summed E-state index contributed by atoms with van der Waals surface area (Å²) in [6.45, 7) is 2.02. The average Bonchev–Trinajstić information content (AvgIpc) is 2.42. The number of ketones is 1. The molecule has 0 amide bonds. The van der Waals surface area contributed by atoms with E-state index in [0.717, 1.165) is 24.1 Å². The van der Waals surface area contributed by atoms with E-state index in [4.69, 9.17) is 0 Å². The van der Waals surface area contributed by atoms with Gasteiger partial charge in [0.1, 0.15) is 0 Å². The minimum absolute atomic E-state index is 0.0784.